The van der Waals surface area contributed by atoms with Gasteiger partial charge >= 0.3 is 11.7 Å². The van der Waals surface area contributed by atoms with Crippen molar-refractivity contribution in [3.05, 3.63) is 69.6 Å². The molecule has 0 saturated carbocycles. The van der Waals surface area contributed by atoms with E-state index in [0.29, 0.717) is 19.6 Å². The third kappa shape index (κ3) is 3.43. The lowest BCUT2D eigenvalue weighted by Crippen LogP contribution is -2.45. The average molecular weight is 390 g/mol. The number of fused-ring (bicyclic) bond motifs is 2. The number of para-hydroxylation sites is 2. The maximum absolute atomic E-state index is 12.6. The Kier molecular flexibility index (Phi) is 4.62. The van der Waals surface area contributed by atoms with Gasteiger partial charge in [0.05, 0.1) is 11.0 Å². The molecular weight excluding hydrogens is 364 g/mol. The van der Waals surface area contributed by atoms with Crippen molar-refractivity contribution in [1.29, 1.82) is 0 Å². The summed E-state index contributed by atoms with van der Waals surface area (Å²) in [6.07, 6.45) is 5.13. The lowest BCUT2D eigenvalue weighted by atomic mass is 10.0. The first-order valence-corrected chi connectivity index (χ1v) is 10.5. The van der Waals surface area contributed by atoms with Crippen LogP contribution in [0.1, 0.15) is 42.0 Å². The molecule has 1 aromatic heterocycles. The Labute approximate surface area is 169 Å². The van der Waals surface area contributed by atoms with Gasteiger partial charge in [-0.15, -0.1) is 0 Å². The van der Waals surface area contributed by atoms with E-state index in [4.69, 9.17) is 0 Å². The molecule has 2 aromatic carbocycles. The van der Waals surface area contributed by atoms with Crippen molar-refractivity contribution in [3.8, 4) is 0 Å². The van der Waals surface area contributed by atoms with Crippen LogP contribution in [0.2, 0.25) is 0 Å². The van der Waals surface area contributed by atoms with Gasteiger partial charge in [-0.3, -0.25) is 4.57 Å². The number of rotatable bonds is 3. The zero-order chi connectivity index (χ0) is 19.8. The van der Waals surface area contributed by atoms with Crippen LogP contribution in [0.4, 0.5) is 4.79 Å². The molecule has 3 aromatic rings. The molecule has 1 aliphatic heterocycles. The summed E-state index contributed by atoms with van der Waals surface area (Å²) in [5.41, 5.74) is 5.80. The zero-order valence-corrected chi connectivity index (χ0v) is 16.5. The summed E-state index contributed by atoms with van der Waals surface area (Å²) in [7, 11) is 0. The molecule has 29 heavy (non-hydrogen) atoms. The lowest BCUT2D eigenvalue weighted by molar-refractivity contribution is 0.171. The van der Waals surface area contributed by atoms with E-state index in [-0.39, 0.29) is 17.8 Å². The number of nitrogens with one attached hydrogen (secondary N) is 2. The molecule has 6 nitrogen and oxygen atoms in total. The number of hydrogen-bond acceptors (Lipinski definition) is 2. The molecule has 0 radical (unpaired) electrons. The fraction of sp³-hybridized carbons (Fsp3) is 0.391. The van der Waals surface area contributed by atoms with Gasteiger partial charge in [0.1, 0.15) is 0 Å². The molecular formula is C23H26N4O2. The molecule has 2 N–H and O–H groups in total. The number of urea groups is 1. The van der Waals surface area contributed by atoms with Crippen LogP contribution < -0.4 is 11.0 Å². The number of aromatic nitrogens is 2. The van der Waals surface area contributed by atoms with Gasteiger partial charge in [0.15, 0.2) is 0 Å². The second kappa shape index (κ2) is 7.43. The minimum atomic E-state index is -0.0642. The maximum Gasteiger partial charge on any atom is 0.326 e. The highest BCUT2D eigenvalue weighted by Gasteiger charge is 2.26. The highest BCUT2D eigenvalue weighted by molar-refractivity contribution is 5.75. The van der Waals surface area contributed by atoms with Crippen molar-refractivity contribution in [2.24, 2.45) is 0 Å². The van der Waals surface area contributed by atoms with E-state index in [1.54, 1.807) is 0 Å². The Hall–Kier alpha value is -3.02. The Bertz CT molecular complexity index is 1110. The highest BCUT2D eigenvalue weighted by Crippen LogP contribution is 2.25. The summed E-state index contributed by atoms with van der Waals surface area (Å²) in [6.45, 7) is 1.88. The van der Waals surface area contributed by atoms with Crippen molar-refractivity contribution in [2.45, 2.75) is 44.7 Å². The molecule has 1 fully saturated rings. The van der Waals surface area contributed by atoms with Crippen molar-refractivity contribution in [3.63, 3.8) is 0 Å². The molecule has 0 unspecified atom stereocenters. The van der Waals surface area contributed by atoms with Crippen molar-refractivity contribution >= 4 is 17.1 Å². The number of aryl methyl sites for hydroxylation is 2. The standard InChI is InChI=1S/C23H26N4O2/c28-22(24-15-16-8-9-17-4-3-5-18(17)14-16)26-12-10-19(11-13-26)27-21-7-2-1-6-20(21)25-23(27)29/h1-2,6-9,14,19H,3-5,10-13,15H2,(H,24,28)(H,25,29). The number of hydrogen-bond donors (Lipinski definition) is 2. The van der Waals surface area contributed by atoms with Crippen LogP contribution >= 0.6 is 0 Å². The second-order valence-corrected chi connectivity index (χ2v) is 8.15. The number of amides is 2. The molecule has 6 heteroatoms. The SMILES string of the molecule is O=C(NCc1ccc2c(c1)CCC2)N1CCC(n2c(=O)[nH]c3ccccc32)CC1. The number of carbonyl (C=O) groups excluding carboxylic acids is 1. The number of piperidine rings is 1. The molecule has 2 heterocycles. The monoisotopic (exact) mass is 390 g/mol. The molecule has 1 saturated heterocycles. The number of likely N-dealkylation sites (tertiary alicyclic amines) is 1. The van der Waals surface area contributed by atoms with E-state index in [2.05, 4.69) is 28.5 Å². The predicted molar refractivity (Wildman–Crippen MR) is 113 cm³/mol. The molecule has 2 aliphatic rings. The number of carbonyl (C=O) groups is 1. The first-order chi connectivity index (χ1) is 14.2. The molecule has 2 amide bonds. The fourth-order valence-corrected chi connectivity index (χ4v) is 4.79. The quantitative estimate of drug-likeness (QED) is 0.720. The van der Waals surface area contributed by atoms with Crippen molar-refractivity contribution < 1.29 is 4.79 Å². The van der Waals surface area contributed by atoms with E-state index in [1.165, 1.54) is 29.5 Å². The molecule has 0 spiro atoms. The Morgan fingerprint density at radius 3 is 2.72 bits per heavy atom. The highest BCUT2D eigenvalue weighted by atomic mass is 16.2. The minimum Gasteiger partial charge on any atom is -0.334 e. The first-order valence-electron chi connectivity index (χ1n) is 10.5. The van der Waals surface area contributed by atoms with E-state index >= 15 is 0 Å². The molecule has 0 atom stereocenters. The number of nitrogens with zero attached hydrogens (tertiary/aromatic N) is 2. The summed E-state index contributed by atoms with van der Waals surface area (Å²) in [6, 6.07) is 14.4. The number of H-pyrrole nitrogens is 1. The van der Waals surface area contributed by atoms with Crippen LogP contribution in [0.25, 0.3) is 11.0 Å². The molecule has 5 rings (SSSR count). The predicted octanol–water partition coefficient (Wildman–Crippen LogP) is 3.37. The third-order valence-electron chi connectivity index (χ3n) is 6.35. The Morgan fingerprint density at radius 2 is 1.86 bits per heavy atom. The second-order valence-electron chi connectivity index (χ2n) is 8.15. The van der Waals surface area contributed by atoms with Crippen molar-refractivity contribution in [2.75, 3.05) is 13.1 Å². The van der Waals surface area contributed by atoms with E-state index in [9.17, 15) is 9.59 Å². The summed E-state index contributed by atoms with van der Waals surface area (Å²) >= 11 is 0. The summed E-state index contributed by atoms with van der Waals surface area (Å²) in [5, 5.41) is 3.06. The van der Waals surface area contributed by atoms with Gasteiger partial charge in [0.2, 0.25) is 0 Å². The summed E-state index contributed by atoms with van der Waals surface area (Å²) in [5.74, 6) is 0. The molecule has 1 aliphatic carbocycles. The fourth-order valence-electron chi connectivity index (χ4n) is 4.79. The van der Waals surface area contributed by atoms with Crippen LogP contribution in [0.5, 0.6) is 0 Å². The number of aromatic amines is 1. The van der Waals surface area contributed by atoms with Gasteiger partial charge in [0, 0.05) is 25.7 Å². The smallest absolute Gasteiger partial charge is 0.326 e. The normalized spacial score (nSPS) is 16.9. The first kappa shape index (κ1) is 18.0. The van der Waals surface area contributed by atoms with Gasteiger partial charge in [-0.25, -0.2) is 9.59 Å². The summed E-state index contributed by atoms with van der Waals surface area (Å²) in [4.78, 5) is 29.8. The summed E-state index contributed by atoms with van der Waals surface area (Å²) < 4.78 is 1.86. The maximum atomic E-state index is 12.6. The van der Waals surface area contributed by atoms with Gasteiger partial charge in [-0.2, -0.15) is 0 Å². The molecule has 150 valence electrons. The minimum absolute atomic E-state index is 0.0183. The number of imidazole rings is 1. The van der Waals surface area contributed by atoms with Crippen LogP contribution in [-0.4, -0.2) is 33.6 Å². The van der Waals surface area contributed by atoms with E-state index in [1.807, 2.05) is 33.7 Å². The Morgan fingerprint density at radius 1 is 1.07 bits per heavy atom. The molecule has 0 bridgehead atoms. The zero-order valence-electron chi connectivity index (χ0n) is 16.5. The van der Waals surface area contributed by atoms with Crippen LogP contribution in [0.15, 0.2) is 47.3 Å². The van der Waals surface area contributed by atoms with Crippen LogP contribution in [0, 0.1) is 0 Å². The average Bonchev–Trinajstić information content (AvgIpc) is 3.35. The van der Waals surface area contributed by atoms with E-state index in [0.717, 1.165) is 30.3 Å². The van der Waals surface area contributed by atoms with Crippen LogP contribution in [0.3, 0.4) is 0 Å². The van der Waals surface area contributed by atoms with E-state index < -0.39 is 0 Å². The van der Waals surface area contributed by atoms with Gasteiger partial charge in [-0.05, 0) is 60.9 Å². The topological polar surface area (TPSA) is 70.1 Å². The lowest BCUT2D eigenvalue weighted by Gasteiger charge is -2.32. The van der Waals surface area contributed by atoms with Gasteiger partial charge in [-0.1, -0.05) is 30.3 Å². The van der Waals surface area contributed by atoms with Gasteiger partial charge < -0.3 is 15.2 Å². The largest absolute Gasteiger partial charge is 0.334 e. The third-order valence-corrected chi connectivity index (χ3v) is 6.35. The van der Waals surface area contributed by atoms with Crippen molar-refractivity contribution in [1.82, 2.24) is 19.8 Å². The Balaban J connectivity index is 1.20. The van der Waals surface area contributed by atoms with Crippen LogP contribution in [-0.2, 0) is 19.4 Å². The van der Waals surface area contributed by atoms with Gasteiger partial charge in [0.25, 0.3) is 0 Å². The number of benzene rings is 2.